The van der Waals surface area contributed by atoms with E-state index in [4.69, 9.17) is 11.6 Å². The van der Waals surface area contributed by atoms with Crippen LogP contribution in [-0.4, -0.2) is 16.2 Å². The van der Waals surface area contributed by atoms with Gasteiger partial charge < -0.3 is 5.21 Å². The van der Waals surface area contributed by atoms with Crippen LogP contribution in [0.15, 0.2) is 60.7 Å². The fourth-order valence-electron chi connectivity index (χ4n) is 2.90. The van der Waals surface area contributed by atoms with Crippen molar-refractivity contribution in [3.63, 3.8) is 0 Å². The van der Waals surface area contributed by atoms with Crippen molar-refractivity contribution in [1.29, 1.82) is 0 Å². The quantitative estimate of drug-likeness (QED) is 0.496. The van der Waals surface area contributed by atoms with E-state index in [9.17, 15) is 10.0 Å². The molecule has 3 aromatic rings. The van der Waals surface area contributed by atoms with Gasteiger partial charge in [0.2, 0.25) is 5.69 Å². The van der Waals surface area contributed by atoms with Gasteiger partial charge in [0.05, 0.1) is 5.56 Å². The van der Waals surface area contributed by atoms with Crippen LogP contribution in [0.3, 0.4) is 0 Å². The van der Waals surface area contributed by atoms with Crippen molar-refractivity contribution >= 4 is 39.6 Å². The number of Topliss-reactive ketones (excluding diaryl/α,β-unsaturated/α-hetero) is 1. The van der Waals surface area contributed by atoms with Gasteiger partial charge in [-0.25, -0.2) is 0 Å². The van der Waals surface area contributed by atoms with Crippen molar-refractivity contribution < 1.29 is 9.53 Å². The van der Waals surface area contributed by atoms with Crippen molar-refractivity contribution in [1.82, 2.24) is 0 Å². The first-order chi connectivity index (χ1) is 10.7. The molecule has 1 aliphatic rings. The van der Waals surface area contributed by atoms with Crippen LogP contribution in [0.2, 0.25) is 5.02 Å². The molecule has 3 nitrogen and oxygen atoms in total. The van der Waals surface area contributed by atoms with Crippen LogP contribution in [-0.2, 0) is 0 Å². The van der Waals surface area contributed by atoms with Crippen LogP contribution in [0.5, 0.6) is 0 Å². The SMILES string of the molecule is O=C1C(c2cccc3ccccc23)=[N+]([O-])c2c(Cl)cccc21. The lowest BCUT2D eigenvalue weighted by molar-refractivity contribution is -0.355. The zero-order valence-electron chi connectivity index (χ0n) is 11.4. The molecule has 1 aliphatic heterocycles. The van der Waals surface area contributed by atoms with E-state index < -0.39 is 0 Å². The van der Waals surface area contributed by atoms with Crippen LogP contribution in [0.25, 0.3) is 10.8 Å². The molecule has 0 saturated carbocycles. The van der Waals surface area contributed by atoms with Crippen LogP contribution < -0.4 is 0 Å². The average Bonchev–Trinajstić information content (AvgIpc) is 2.79. The molecule has 4 heteroatoms. The molecule has 0 spiro atoms. The number of nitrogens with zero attached hydrogens (tertiary/aromatic N) is 1. The number of halogens is 1. The van der Waals surface area contributed by atoms with Gasteiger partial charge in [-0.1, -0.05) is 54.1 Å². The van der Waals surface area contributed by atoms with E-state index in [2.05, 4.69) is 0 Å². The normalized spacial score (nSPS) is 13.8. The zero-order valence-corrected chi connectivity index (χ0v) is 12.2. The molecule has 3 aromatic carbocycles. The summed E-state index contributed by atoms with van der Waals surface area (Å²) < 4.78 is 0.655. The van der Waals surface area contributed by atoms with Gasteiger partial charge in [-0.3, -0.25) is 4.79 Å². The monoisotopic (exact) mass is 307 g/mol. The predicted octanol–water partition coefficient (Wildman–Crippen LogP) is 4.32. The van der Waals surface area contributed by atoms with E-state index in [-0.39, 0.29) is 22.2 Å². The Morgan fingerprint density at radius 1 is 0.864 bits per heavy atom. The number of rotatable bonds is 1. The molecule has 22 heavy (non-hydrogen) atoms. The molecule has 0 radical (unpaired) electrons. The second kappa shape index (κ2) is 4.68. The molecule has 0 saturated heterocycles. The molecule has 0 unspecified atom stereocenters. The topological polar surface area (TPSA) is 43.1 Å². The lowest BCUT2D eigenvalue weighted by Crippen LogP contribution is -2.17. The Kier molecular flexibility index (Phi) is 2.78. The standard InChI is InChI=1S/C18H10ClNO2/c19-15-10-4-9-14-16(15)20(22)17(18(14)21)13-8-3-6-11-5-1-2-7-12(11)13/h1-10H. The smallest absolute Gasteiger partial charge is 0.273 e. The average molecular weight is 308 g/mol. The van der Waals surface area contributed by atoms with Gasteiger partial charge in [0.25, 0.3) is 11.5 Å². The first kappa shape index (κ1) is 13.0. The van der Waals surface area contributed by atoms with Gasteiger partial charge in [0, 0.05) is 0 Å². The Labute approximate surface area is 131 Å². The van der Waals surface area contributed by atoms with Gasteiger partial charge in [0.1, 0.15) is 10.6 Å². The van der Waals surface area contributed by atoms with Gasteiger partial charge in [-0.05, 0) is 29.0 Å². The summed E-state index contributed by atoms with van der Waals surface area (Å²) in [5.74, 6) is -0.288. The molecule has 0 bridgehead atoms. The summed E-state index contributed by atoms with van der Waals surface area (Å²) in [7, 11) is 0. The summed E-state index contributed by atoms with van der Waals surface area (Å²) in [6, 6.07) is 18.2. The second-order valence-electron chi connectivity index (χ2n) is 5.13. The van der Waals surface area contributed by atoms with E-state index in [1.54, 1.807) is 24.3 Å². The highest BCUT2D eigenvalue weighted by Crippen LogP contribution is 2.35. The third-order valence-electron chi connectivity index (χ3n) is 3.90. The molecule has 0 fully saturated rings. The Morgan fingerprint density at radius 3 is 2.36 bits per heavy atom. The number of ketones is 1. The summed E-state index contributed by atoms with van der Waals surface area (Å²) in [5.41, 5.74) is 1.34. The molecule has 0 aliphatic carbocycles. The Bertz CT molecular complexity index is 970. The van der Waals surface area contributed by atoms with E-state index in [1.807, 2.05) is 36.4 Å². The molecule has 0 aromatic heterocycles. The Morgan fingerprint density at radius 2 is 1.55 bits per heavy atom. The van der Waals surface area contributed by atoms with Crippen molar-refractivity contribution in [3.05, 3.63) is 82.0 Å². The molecular formula is C18H10ClNO2. The summed E-state index contributed by atoms with van der Waals surface area (Å²) in [6.45, 7) is 0. The Balaban J connectivity index is 2.05. The first-order valence-corrected chi connectivity index (χ1v) is 7.22. The number of hydrogen-bond acceptors (Lipinski definition) is 2. The van der Waals surface area contributed by atoms with Gasteiger partial charge in [-0.15, -0.1) is 0 Å². The predicted molar refractivity (Wildman–Crippen MR) is 87.1 cm³/mol. The van der Waals surface area contributed by atoms with Gasteiger partial charge in [-0.2, -0.15) is 4.74 Å². The molecule has 1 heterocycles. The van der Waals surface area contributed by atoms with E-state index >= 15 is 0 Å². The highest BCUT2D eigenvalue weighted by Gasteiger charge is 2.38. The zero-order chi connectivity index (χ0) is 15.3. The maximum atomic E-state index is 12.7. The summed E-state index contributed by atoms with van der Waals surface area (Å²) in [4.78, 5) is 12.7. The van der Waals surface area contributed by atoms with Crippen molar-refractivity contribution in [3.8, 4) is 0 Å². The highest BCUT2D eigenvalue weighted by molar-refractivity contribution is 6.54. The van der Waals surface area contributed by atoms with Gasteiger partial charge in [0.15, 0.2) is 0 Å². The third-order valence-corrected chi connectivity index (χ3v) is 4.20. The maximum absolute atomic E-state index is 12.7. The Hall–Kier alpha value is -2.65. The van der Waals surface area contributed by atoms with Crippen molar-refractivity contribution in [2.75, 3.05) is 0 Å². The largest absolute Gasteiger partial charge is 0.618 e. The molecule has 106 valence electrons. The summed E-state index contributed by atoms with van der Waals surface area (Å²) >= 11 is 6.09. The van der Waals surface area contributed by atoms with E-state index in [0.29, 0.717) is 15.9 Å². The molecule has 0 amide bonds. The van der Waals surface area contributed by atoms with Gasteiger partial charge >= 0.3 is 0 Å². The minimum absolute atomic E-state index is 0.125. The van der Waals surface area contributed by atoms with Crippen molar-refractivity contribution in [2.45, 2.75) is 0 Å². The van der Waals surface area contributed by atoms with Crippen molar-refractivity contribution in [2.24, 2.45) is 0 Å². The number of benzene rings is 3. The molecule has 0 atom stereocenters. The molecule has 0 N–H and O–H groups in total. The first-order valence-electron chi connectivity index (χ1n) is 6.84. The van der Waals surface area contributed by atoms with Crippen LogP contribution in [0, 0.1) is 5.21 Å². The van der Waals surface area contributed by atoms with Crippen LogP contribution in [0.1, 0.15) is 15.9 Å². The summed E-state index contributed by atoms with van der Waals surface area (Å²) in [6.07, 6.45) is 0. The minimum atomic E-state index is -0.288. The molecular weight excluding hydrogens is 298 g/mol. The lowest BCUT2D eigenvalue weighted by Gasteiger charge is -2.06. The van der Waals surface area contributed by atoms with E-state index in [0.717, 1.165) is 10.8 Å². The fourth-order valence-corrected chi connectivity index (χ4v) is 3.15. The minimum Gasteiger partial charge on any atom is -0.618 e. The van der Waals surface area contributed by atoms with E-state index in [1.165, 1.54) is 0 Å². The number of hydrogen-bond donors (Lipinski definition) is 0. The number of carbonyl (C=O) groups excluding carboxylic acids is 1. The number of carbonyl (C=O) groups is 1. The van der Waals surface area contributed by atoms with Crippen LogP contribution in [0.4, 0.5) is 5.69 Å². The highest BCUT2D eigenvalue weighted by atomic mass is 35.5. The van der Waals surface area contributed by atoms with Crippen LogP contribution >= 0.6 is 11.6 Å². The fraction of sp³-hybridized carbons (Fsp3) is 0. The third kappa shape index (κ3) is 1.69. The molecule has 4 rings (SSSR count). The number of fused-ring (bicyclic) bond motifs is 2. The maximum Gasteiger partial charge on any atom is 0.273 e. The lowest BCUT2D eigenvalue weighted by atomic mass is 9.97. The summed E-state index contributed by atoms with van der Waals surface area (Å²) in [5, 5.41) is 14.8. The second-order valence-corrected chi connectivity index (χ2v) is 5.54. The number of para-hydroxylation sites is 1.